The number of aryl methyl sites for hydroxylation is 2. The molecule has 0 aliphatic carbocycles. The van der Waals surface area contributed by atoms with Crippen LogP contribution in [0.25, 0.3) is 10.2 Å². The molecule has 0 bridgehead atoms. The van der Waals surface area contributed by atoms with E-state index in [4.69, 9.17) is 14.5 Å². The first-order chi connectivity index (χ1) is 13.0. The average molecular weight is 391 g/mol. The number of hydrogen-bond acceptors (Lipinski definition) is 5. The van der Waals surface area contributed by atoms with E-state index >= 15 is 0 Å². The van der Waals surface area contributed by atoms with Gasteiger partial charge in [0.05, 0.1) is 36.4 Å². The van der Waals surface area contributed by atoms with Gasteiger partial charge in [-0.15, -0.1) is 0 Å². The third-order valence-corrected chi connectivity index (χ3v) is 6.06. The van der Waals surface area contributed by atoms with Crippen molar-refractivity contribution >= 4 is 32.6 Å². The number of rotatable bonds is 7. The van der Waals surface area contributed by atoms with Crippen LogP contribution in [0.15, 0.2) is 24.2 Å². The van der Waals surface area contributed by atoms with Crippen LogP contribution in [0, 0.1) is 13.8 Å². The van der Waals surface area contributed by atoms with Crippen molar-refractivity contribution in [2.75, 3.05) is 44.3 Å². The Balaban J connectivity index is 1.94. The van der Waals surface area contributed by atoms with E-state index in [2.05, 4.69) is 39.8 Å². The molecule has 1 aliphatic heterocycles. The second-order valence-corrected chi connectivity index (χ2v) is 7.77. The number of carbonyl (C=O) groups excluding carboxylic acids is 1. The molecule has 0 saturated heterocycles. The molecule has 27 heavy (non-hydrogen) atoms. The first kappa shape index (κ1) is 19.6. The Hall–Kier alpha value is -2.12. The van der Waals surface area contributed by atoms with Crippen LogP contribution in [0.1, 0.15) is 25.0 Å². The molecule has 0 unspecified atom stereocenters. The number of nitrogens with one attached hydrogen (secondary N) is 1. The maximum absolute atomic E-state index is 13.1. The Morgan fingerprint density at radius 2 is 2.04 bits per heavy atom. The number of anilines is 1. The molecule has 1 amide bonds. The Bertz CT molecular complexity index is 842. The van der Waals surface area contributed by atoms with Gasteiger partial charge in [0, 0.05) is 0 Å². The quantitative estimate of drug-likeness (QED) is 0.786. The fourth-order valence-corrected chi connectivity index (χ4v) is 4.29. The van der Waals surface area contributed by atoms with Crippen LogP contribution in [-0.2, 0) is 14.3 Å². The molecule has 0 fully saturated rings. The zero-order chi connectivity index (χ0) is 19.4. The number of likely N-dealkylation sites (N-methyl/N-ethyl adjacent to an activating group) is 1. The van der Waals surface area contributed by atoms with Crippen molar-refractivity contribution in [3.8, 4) is 0 Å². The predicted molar refractivity (Wildman–Crippen MR) is 108 cm³/mol. The second-order valence-electron chi connectivity index (χ2n) is 6.79. The van der Waals surface area contributed by atoms with Crippen molar-refractivity contribution in [1.29, 1.82) is 0 Å². The van der Waals surface area contributed by atoms with Crippen molar-refractivity contribution in [2.24, 2.45) is 0 Å². The first-order valence-electron chi connectivity index (χ1n) is 9.51. The number of ether oxygens (including phenoxy) is 2. The number of aromatic nitrogens is 1. The maximum Gasteiger partial charge on any atom is 0.298 e. The van der Waals surface area contributed by atoms with Gasteiger partial charge >= 0.3 is 0 Å². The molecular formula is C20H28N3O3S+. The third kappa shape index (κ3) is 4.42. The number of quaternary nitrogens is 1. The van der Waals surface area contributed by atoms with Crippen LogP contribution >= 0.6 is 11.3 Å². The van der Waals surface area contributed by atoms with Crippen LogP contribution in [-0.4, -0.2) is 50.3 Å². The minimum atomic E-state index is -0.185. The van der Waals surface area contributed by atoms with Crippen molar-refractivity contribution in [3.63, 3.8) is 0 Å². The summed E-state index contributed by atoms with van der Waals surface area (Å²) in [6.07, 6.45) is 1.42. The van der Waals surface area contributed by atoms with Crippen LogP contribution < -0.4 is 9.80 Å². The lowest BCUT2D eigenvalue weighted by Gasteiger charge is -2.24. The summed E-state index contributed by atoms with van der Waals surface area (Å²) in [6, 6.07) is 4.22. The molecule has 1 aliphatic rings. The van der Waals surface area contributed by atoms with Gasteiger partial charge < -0.3 is 14.4 Å². The van der Waals surface area contributed by atoms with Gasteiger partial charge in [-0.3, -0.25) is 9.69 Å². The monoisotopic (exact) mass is 390 g/mol. The van der Waals surface area contributed by atoms with Crippen LogP contribution in [0.5, 0.6) is 0 Å². The normalized spacial score (nSPS) is 14.0. The summed E-state index contributed by atoms with van der Waals surface area (Å²) < 4.78 is 12.0. The molecule has 1 N–H and O–H groups in total. The first-order valence-corrected chi connectivity index (χ1v) is 10.3. The van der Waals surface area contributed by atoms with E-state index in [0.717, 1.165) is 29.9 Å². The van der Waals surface area contributed by atoms with E-state index in [1.807, 2.05) is 0 Å². The molecule has 2 heterocycles. The molecule has 7 heteroatoms. The highest BCUT2D eigenvalue weighted by Gasteiger charge is 2.27. The molecule has 0 saturated carbocycles. The Labute approximate surface area is 164 Å². The van der Waals surface area contributed by atoms with Crippen LogP contribution in [0.2, 0.25) is 0 Å². The Morgan fingerprint density at radius 1 is 1.26 bits per heavy atom. The molecule has 146 valence electrons. The predicted octanol–water partition coefficient (Wildman–Crippen LogP) is 2.06. The summed E-state index contributed by atoms with van der Waals surface area (Å²) >= 11 is 1.56. The van der Waals surface area contributed by atoms with Gasteiger partial charge in [-0.2, -0.15) is 0 Å². The van der Waals surface area contributed by atoms with Crippen molar-refractivity contribution in [2.45, 2.75) is 27.7 Å². The van der Waals surface area contributed by atoms with Gasteiger partial charge in [0.15, 0.2) is 5.13 Å². The number of carbonyl (C=O) groups is 1. The van der Waals surface area contributed by atoms with Gasteiger partial charge in [-0.25, -0.2) is 4.98 Å². The van der Waals surface area contributed by atoms with Crippen molar-refractivity contribution in [1.82, 2.24) is 4.98 Å². The van der Waals surface area contributed by atoms with E-state index in [9.17, 15) is 4.79 Å². The summed E-state index contributed by atoms with van der Waals surface area (Å²) in [4.78, 5) is 21.1. The van der Waals surface area contributed by atoms with Crippen molar-refractivity contribution in [3.05, 3.63) is 35.3 Å². The SMILES string of the molecule is CC[NH+](CC)CCN(C(=O)C1=COCCO1)c1nc2cc(C)cc(C)c2s1. The van der Waals surface area contributed by atoms with E-state index in [1.54, 1.807) is 16.2 Å². The molecule has 0 atom stereocenters. The highest BCUT2D eigenvalue weighted by molar-refractivity contribution is 7.22. The van der Waals surface area contributed by atoms with Gasteiger partial charge in [-0.05, 0) is 44.9 Å². The molecule has 6 nitrogen and oxygen atoms in total. The largest absolute Gasteiger partial charge is 0.494 e. The topological polar surface area (TPSA) is 56.1 Å². The summed E-state index contributed by atoms with van der Waals surface area (Å²) in [7, 11) is 0. The fraction of sp³-hybridized carbons (Fsp3) is 0.500. The van der Waals surface area contributed by atoms with Gasteiger partial charge in [-0.1, -0.05) is 17.4 Å². The summed E-state index contributed by atoms with van der Waals surface area (Å²) in [5.74, 6) is 0.0673. The van der Waals surface area contributed by atoms with E-state index in [1.165, 1.54) is 22.3 Å². The summed E-state index contributed by atoms with van der Waals surface area (Å²) in [6.45, 7) is 12.9. The number of benzene rings is 1. The Kier molecular flexibility index (Phi) is 6.34. The summed E-state index contributed by atoms with van der Waals surface area (Å²) in [5.41, 5.74) is 3.30. The number of thiazole rings is 1. The van der Waals surface area contributed by atoms with E-state index < -0.39 is 0 Å². The molecule has 3 rings (SSSR count). The van der Waals surface area contributed by atoms with Crippen molar-refractivity contribution < 1.29 is 19.2 Å². The lowest BCUT2D eigenvalue weighted by Crippen LogP contribution is -3.12. The second kappa shape index (κ2) is 8.71. The van der Waals surface area contributed by atoms with Gasteiger partial charge in [0.25, 0.3) is 5.91 Å². The molecule has 1 aromatic heterocycles. The molecule has 2 aromatic rings. The smallest absolute Gasteiger partial charge is 0.298 e. The minimum Gasteiger partial charge on any atom is -0.494 e. The minimum absolute atomic E-state index is 0.185. The molecule has 0 spiro atoms. The van der Waals surface area contributed by atoms with E-state index in [0.29, 0.717) is 24.9 Å². The Morgan fingerprint density at radius 3 is 2.70 bits per heavy atom. The number of amides is 1. The van der Waals surface area contributed by atoms with Crippen LogP contribution in [0.3, 0.4) is 0 Å². The fourth-order valence-electron chi connectivity index (χ4n) is 3.25. The highest BCUT2D eigenvalue weighted by atomic mass is 32.1. The highest BCUT2D eigenvalue weighted by Crippen LogP contribution is 2.32. The lowest BCUT2D eigenvalue weighted by molar-refractivity contribution is -0.894. The lowest BCUT2D eigenvalue weighted by atomic mass is 10.1. The van der Waals surface area contributed by atoms with Gasteiger partial charge in [0.1, 0.15) is 19.5 Å². The zero-order valence-electron chi connectivity index (χ0n) is 16.5. The third-order valence-electron chi connectivity index (χ3n) is 4.83. The molecule has 1 aromatic carbocycles. The van der Waals surface area contributed by atoms with E-state index in [-0.39, 0.29) is 11.7 Å². The summed E-state index contributed by atoms with van der Waals surface area (Å²) in [5, 5.41) is 0.713. The standard InChI is InChI=1S/C20H27N3O3S/c1-5-22(6-2)7-8-23(19(24)17-13-25-9-10-26-17)20-21-16-12-14(3)11-15(4)18(16)27-20/h11-13H,5-10H2,1-4H3/p+1. The zero-order valence-corrected chi connectivity index (χ0v) is 17.3. The molecular weight excluding hydrogens is 362 g/mol. The number of fused-ring (bicyclic) bond motifs is 1. The average Bonchev–Trinajstić information content (AvgIpc) is 3.09. The number of nitrogens with zero attached hydrogens (tertiary/aromatic N) is 2. The number of hydrogen-bond donors (Lipinski definition) is 1. The van der Waals surface area contributed by atoms with Gasteiger partial charge in [0.2, 0.25) is 5.76 Å². The van der Waals surface area contributed by atoms with Crippen LogP contribution in [0.4, 0.5) is 5.13 Å². The maximum atomic E-state index is 13.1. The molecule has 0 radical (unpaired) electrons.